The molecule has 0 aliphatic rings. The molecular weight excluding hydrogens is 292 g/mol. The first-order valence-electron chi connectivity index (χ1n) is 7.82. The highest BCUT2D eigenvalue weighted by Gasteiger charge is 2.24. The van der Waals surface area contributed by atoms with Crippen LogP contribution in [0.15, 0.2) is 30.6 Å². The second-order valence-corrected chi connectivity index (χ2v) is 5.50. The highest BCUT2D eigenvalue weighted by Crippen LogP contribution is 2.20. The quantitative estimate of drug-likeness (QED) is 0.816. The Bertz CT molecular complexity index is 661. The minimum absolute atomic E-state index is 0.00285. The van der Waals surface area contributed by atoms with E-state index in [0.29, 0.717) is 11.6 Å². The number of pyridine rings is 1. The molecule has 0 amide bonds. The standard InChI is InChI=1S/C17H22N4O2/c1-4-11(3)15(17(22)23)20-14-10-13(5-2)19-16(21-14)12-6-8-18-9-7-12/h6-11,15H,4-5H2,1-3H3,(H,22,23)(H,19,20,21)/t11-,15-/m0/s1. The third-order valence-corrected chi connectivity index (χ3v) is 3.86. The number of hydrogen-bond donors (Lipinski definition) is 2. The average Bonchev–Trinajstić information content (AvgIpc) is 2.59. The van der Waals surface area contributed by atoms with E-state index in [0.717, 1.165) is 24.1 Å². The molecule has 2 rings (SSSR count). The van der Waals surface area contributed by atoms with E-state index in [-0.39, 0.29) is 5.92 Å². The van der Waals surface area contributed by atoms with Crippen molar-refractivity contribution in [3.8, 4) is 11.4 Å². The maximum absolute atomic E-state index is 11.5. The summed E-state index contributed by atoms with van der Waals surface area (Å²) in [5.41, 5.74) is 1.72. The molecule has 0 aromatic carbocycles. The topological polar surface area (TPSA) is 88.0 Å². The van der Waals surface area contributed by atoms with Crippen LogP contribution in [0, 0.1) is 5.92 Å². The lowest BCUT2D eigenvalue weighted by atomic mass is 9.99. The van der Waals surface area contributed by atoms with Crippen LogP contribution in [-0.4, -0.2) is 32.1 Å². The van der Waals surface area contributed by atoms with E-state index in [9.17, 15) is 9.90 Å². The monoisotopic (exact) mass is 314 g/mol. The molecule has 0 saturated carbocycles. The summed E-state index contributed by atoms with van der Waals surface area (Å²) in [5.74, 6) is 0.234. The zero-order valence-electron chi connectivity index (χ0n) is 13.7. The molecule has 0 spiro atoms. The molecule has 0 saturated heterocycles. The highest BCUT2D eigenvalue weighted by atomic mass is 16.4. The van der Waals surface area contributed by atoms with Gasteiger partial charge in [-0.2, -0.15) is 0 Å². The van der Waals surface area contributed by atoms with E-state index in [1.807, 2.05) is 39.0 Å². The normalized spacial score (nSPS) is 13.3. The number of rotatable bonds is 7. The fourth-order valence-corrected chi connectivity index (χ4v) is 2.23. The molecule has 23 heavy (non-hydrogen) atoms. The molecule has 0 fully saturated rings. The first-order valence-corrected chi connectivity index (χ1v) is 7.82. The van der Waals surface area contributed by atoms with Gasteiger partial charge in [0.15, 0.2) is 5.82 Å². The lowest BCUT2D eigenvalue weighted by Gasteiger charge is -2.21. The van der Waals surface area contributed by atoms with Gasteiger partial charge in [-0.15, -0.1) is 0 Å². The molecule has 6 heteroatoms. The minimum atomic E-state index is -0.874. The largest absolute Gasteiger partial charge is 0.480 e. The lowest BCUT2D eigenvalue weighted by Crippen LogP contribution is -2.35. The maximum Gasteiger partial charge on any atom is 0.326 e. The molecule has 0 radical (unpaired) electrons. The number of carboxylic acids is 1. The number of carboxylic acid groups (broad SMARTS) is 1. The van der Waals surface area contributed by atoms with Gasteiger partial charge in [0, 0.05) is 29.7 Å². The number of aryl methyl sites for hydroxylation is 1. The summed E-state index contributed by atoms with van der Waals surface area (Å²) in [5, 5.41) is 12.5. The number of anilines is 1. The second kappa shape index (κ2) is 7.67. The molecular formula is C17H22N4O2. The summed E-state index contributed by atoms with van der Waals surface area (Å²) in [6.07, 6.45) is 4.89. The Morgan fingerprint density at radius 1 is 1.26 bits per heavy atom. The summed E-state index contributed by atoms with van der Waals surface area (Å²) in [6.45, 7) is 5.89. The number of nitrogens with zero attached hydrogens (tertiary/aromatic N) is 3. The van der Waals surface area contributed by atoms with E-state index in [1.165, 1.54) is 0 Å². The molecule has 0 aliphatic heterocycles. The van der Waals surface area contributed by atoms with Crippen LogP contribution in [0.5, 0.6) is 0 Å². The van der Waals surface area contributed by atoms with E-state index >= 15 is 0 Å². The average molecular weight is 314 g/mol. The van der Waals surface area contributed by atoms with Gasteiger partial charge in [-0.1, -0.05) is 27.2 Å². The molecule has 2 N–H and O–H groups in total. The maximum atomic E-state index is 11.5. The first kappa shape index (κ1) is 16.9. The van der Waals surface area contributed by atoms with E-state index in [1.54, 1.807) is 12.4 Å². The molecule has 122 valence electrons. The number of hydrogen-bond acceptors (Lipinski definition) is 5. The van der Waals surface area contributed by atoms with Crippen LogP contribution in [0.4, 0.5) is 5.82 Å². The van der Waals surface area contributed by atoms with Gasteiger partial charge in [-0.25, -0.2) is 14.8 Å². The van der Waals surface area contributed by atoms with Crippen molar-refractivity contribution < 1.29 is 9.90 Å². The summed E-state index contributed by atoms with van der Waals surface area (Å²) >= 11 is 0. The fourth-order valence-electron chi connectivity index (χ4n) is 2.23. The molecule has 0 bridgehead atoms. The summed E-state index contributed by atoms with van der Waals surface area (Å²) in [7, 11) is 0. The predicted octanol–water partition coefficient (Wildman–Crippen LogP) is 3.01. The fraction of sp³-hybridized carbons (Fsp3) is 0.412. The molecule has 2 heterocycles. The minimum Gasteiger partial charge on any atom is -0.480 e. The van der Waals surface area contributed by atoms with Crippen LogP contribution < -0.4 is 5.32 Å². The highest BCUT2D eigenvalue weighted by molar-refractivity contribution is 5.77. The van der Waals surface area contributed by atoms with Crippen molar-refractivity contribution in [2.24, 2.45) is 5.92 Å². The van der Waals surface area contributed by atoms with Crippen LogP contribution in [0.3, 0.4) is 0 Å². The van der Waals surface area contributed by atoms with Gasteiger partial charge in [0.25, 0.3) is 0 Å². The Morgan fingerprint density at radius 3 is 2.52 bits per heavy atom. The molecule has 6 nitrogen and oxygen atoms in total. The number of carbonyl (C=O) groups is 1. The Kier molecular flexibility index (Phi) is 5.62. The smallest absolute Gasteiger partial charge is 0.326 e. The Hall–Kier alpha value is -2.50. The zero-order valence-corrected chi connectivity index (χ0v) is 13.7. The van der Waals surface area contributed by atoms with Crippen molar-refractivity contribution in [2.75, 3.05) is 5.32 Å². The van der Waals surface area contributed by atoms with Crippen molar-refractivity contribution in [1.29, 1.82) is 0 Å². The van der Waals surface area contributed by atoms with E-state index in [4.69, 9.17) is 0 Å². The van der Waals surface area contributed by atoms with Gasteiger partial charge in [0.1, 0.15) is 11.9 Å². The third-order valence-electron chi connectivity index (χ3n) is 3.86. The Morgan fingerprint density at radius 2 is 1.96 bits per heavy atom. The number of aromatic nitrogens is 3. The molecule has 0 aliphatic carbocycles. The summed E-state index contributed by atoms with van der Waals surface area (Å²) in [4.78, 5) is 24.5. The first-order chi connectivity index (χ1) is 11.0. The lowest BCUT2D eigenvalue weighted by molar-refractivity contribution is -0.139. The van der Waals surface area contributed by atoms with Crippen molar-refractivity contribution in [3.63, 3.8) is 0 Å². The third kappa shape index (κ3) is 4.25. The van der Waals surface area contributed by atoms with Crippen LogP contribution in [0.25, 0.3) is 11.4 Å². The van der Waals surface area contributed by atoms with Crippen molar-refractivity contribution in [3.05, 3.63) is 36.3 Å². The van der Waals surface area contributed by atoms with E-state index in [2.05, 4.69) is 20.3 Å². The summed E-state index contributed by atoms with van der Waals surface area (Å²) < 4.78 is 0. The SMILES string of the molecule is CCc1cc(N[C@H](C(=O)O)[C@@H](C)CC)nc(-c2ccncc2)n1. The summed E-state index contributed by atoms with van der Waals surface area (Å²) in [6, 6.07) is 4.80. The van der Waals surface area contributed by atoms with Gasteiger partial charge in [0.05, 0.1) is 0 Å². The molecule has 2 aromatic heterocycles. The predicted molar refractivity (Wildman–Crippen MR) is 89.1 cm³/mol. The van der Waals surface area contributed by atoms with Crippen LogP contribution in [-0.2, 0) is 11.2 Å². The number of nitrogens with one attached hydrogen (secondary N) is 1. The van der Waals surface area contributed by atoms with Gasteiger partial charge >= 0.3 is 5.97 Å². The van der Waals surface area contributed by atoms with Gasteiger partial charge < -0.3 is 10.4 Å². The van der Waals surface area contributed by atoms with Crippen molar-refractivity contribution >= 4 is 11.8 Å². The van der Waals surface area contributed by atoms with Crippen molar-refractivity contribution in [1.82, 2.24) is 15.0 Å². The van der Waals surface area contributed by atoms with Crippen LogP contribution in [0.2, 0.25) is 0 Å². The molecule has 0 unspecified atom stereocenters. The second-order valence-electron chi connectivity index (χ2n) is 5.50. The Balaban J connectivity index is 2.36. The van der Waals surface area contributed by atoms with Crippen LogP contribution >= 0.6 is 0 Å². The van der Waals surface area contributed by atoms with Gasteiger partial charge in [-0.05, 0) is 24.5 Å². The zero-order chi connectivity index (χ0) is 16.8. The van der Waals surface area contributed by atoms with Gasteiger partial charge in [0.2, 0.25) is 0 Å². The van der Waals surface area contributed by atoms with E-state index < -0.39 is 12.0 Å². The van der Waals surface area contributed by atoms with Crippen LogP contribution in [0.1, 0.15) is 32.9 Å². The number of aliphatic carboxylic acids is 1. The molecule has 2 aromatic rings. The van der Waals surface area contributed by atoms with Gasteiger partial charge in [-0.3, -0.25) is 4.98 Å². The molecule has 2 atom stereocenters. The van der Waals surface area contributed by atoms with Crippen molar-refractivity contribution in [2.45, 2.75) is 39.7 Å². The Labute approximate surface area is 136 Å².